The van der Waals surface area contributed by atoms with Gasteiger partial charge in [0.2, 0.25) is 0 Å². The number of methoxy groups -OCH3 is 1. The molecule has 0 unspecified atom stereocenters. The Bertz CT molecular complexity index is 418. The van der Waals surface area contributed by atoms with Crippen LogP contribution in [0.1, 0.15) is 41.5 Å². The van der Waals surface area contributed by atoms with Crippen molar-refractivity contribution in [2.45, 2.75) is 40.0 Å². The first-order valence-corrected chi connectivity index (χ1v) is 5.97. The van der Waals surface area contributed by atoms with Crippen molar-refractivity contribution in [1.29, 1.82) is 0 Å². The minimum Gasteiger partial charge on any atom is -0.501 e. The molecule has 0 fully saturated rings. The van der Waals surface area contributed by atoms with E-state index in [1.807, 2.05) is 0 Å². The number of rotatable bonds is 2. The highest BCUT2D eigenvalue weighted by Crippen LogP contribution is 2.37. The largest absolute Gasteiger partial charge is 0.501 e. The Hall–Kier alpha value is -1.24. The van der Waals surface area contributed by atoms with E-state index in [9.17, 15) is 0 Å². The third kappa shape index (κ3) is 1.87. The molecule has 0 saturated carbocycles. The topological polar surface area (TPSA) is 9.23 Å². The van der Waals surface area contributed by atoms with E-state index in [1.54, 1.807) is 7.11 Å². The Balaban J connectivity index is 2.56. The number of allylic oxidation sites excluding steroid dienone is 2. The molecule has 0 atom stereocenters. The zero-order chi connectivity index (χ0) is 11.7. The highest BCUT2D eigenvalue weighted by molar-refractivity contribution is 5.74. The molecule has 2 rings (SSSR count). The van der Waals surface area contributed by atoms with Gasteiger partial charge in [-0.25, -0.2) is 0 Å². The predicted molar refractivity (Wildman–Crippen MR) is 68.4 cm³/mol. The Morgan fingerprint density at radius 2 is 1.62 bits per heavy atom. The first-order chi connectivity index (χ1) is 7.63. The molecule has 1 aliphatic carbocycles. The molecule has 0 radical (unpaired) electrons. The van der Waals surface area contributed by atoms with Crippen LogP contribution in [0.25, 0.3) is 5.57 Å². The maximum atomic E-state index is 5.50. The van der Waals surface area contributed by atoms with Gasteiger partial charge in [0.15, 0.2) is 0 Å². The van der Waals surface area contributed by atoms with Crippen LogP contribution in [-0.2, 0) is 4.74 Å². The molecule has 0 N–H and O–H groups in total. The van der Waals surface area contributed by atoms with E-state index in [0.717, 1.165) is 12.8 Å². The lowest BCUT2D eigenvalue weighted by Crippen LogP contribution is -1.95. The van der Waals surface area contributed by atoms with Crippen LogP contribution >= 0.6 is 0 Å². The fourth-order valence-electron chi connectivity index (χ4n) is 2.86. The van der Waals surface area contributed by atoms with Gasteiger partial charge in [-0.05, 0) is 55.9 Å². The van der Waals surface area contributed by atoms with Crippen molar-refractivity contribution in [3.8, 4) is 0 Å². The summed E-state index contributed by atoms with van der Waals surface area (Å²) in [7, 11) is 1.79. The molecule has 1 nitrogen and oxygen atoms in total. The van der Waals surface area contributed by atoms with Crippen LogP contribution in [-0.4, -0.2) is 7.11 Å². The molecule has 0 aromatic heterocycles. The summed E-state index contributed by atoms with van der Waals surface area (Å²) in [4.78, 5) is 0. The smallest absolute Gasteiger partial charge is 0.0993 e. The van der Waals surface area contributed by atoms with Gasteiger partial charge in [-0.1, -0.05) is 17.7 Å². The van der Waals surface area contributed by atoms with E-state index in [-0.39, 0.29) is 0 Å². The lowest BCUT2D eigenvalue weighted by atomic mass is 9.93. The van der Waals surface area contributed by atoms with Gasteiger partial charge in [0, 0.05) is 6.42 Å². The second-order valence-electron chi connectivity index (χ2n) is 4.73. The Morgan fingerprint density at radius 3 is 2.19 bits per heavy atom. The summed E-state index contributed by atoms with van der Waals surface area (Å²) in [5.41, 5.74) is 6.95. The van der Waals surface area contributed by atoms with Crippen LogP contribution in [0, 0.1) is 20.8 Å². The number of aryl methyl sites for hydroxylation is 3. The van der Waals surface area contributed by atoms with Crippen LogP contribution in [0.2, 0.25) is 0 Å². The summed E-state index contributed by atoms with van der Waals surface area (Å²) in [5.74, 6) is 1.19. The normalized spacial score (nSPS) is 15.8. The third-order valence-electron chi connectivity index (χ3n) is 3.39. The van der Waals surface area contributed by atoms with E-state index < -0.39 is 0 Å². The number of benzene rings is 1. The average Bonchev–Trinajstić information content (AvgIpc) is 2.64. The van der Waals surface area contributed by atoms with Gasteiger partial charge in [0.1, 0.15) is 0 Å². The van der Waals surface area contributed by atoms with E-state index in [0.29, 0.717) is 0 Å². The summed E-state index contributed by atoms with van der Waals surface area (Å²) in [6, 6.07) is 4.53. The molecular formula is C15H20O. The van der Waals surface area contributed by atoms with Crippen LogP contribution in [0.5, 0.6) is 0 Å². The molecule has 1 aromatic carbocycles. The summed E-state index contributed by atoms with van der Waals surface area (Å²) < 4.78 is 5.50. The first-order valence-electron chi connectivity index (χ1n) is 5.97. The van der Waals surface area contributed by atoms with E-state index in [1.165, 1.54) is 40.0 Å². The Morgan fingerprint density at radius 1 is 1.00 bits per heavy atom. The van der Waals surface area contributed by atoms with Crippen LogP contribution < -0.4 is 0 Å². The van der Waals surface area contributed by atoms with Crippen molar-refractivity contribution in [3.05, 3.63) is 40.1 Å². The van der Waals surface area contributed by atoms with E-state index >= 15 is 0 Å². The third-order valence-corrected chi connectivity index (χ3v) is 3.39. The zero-order valence-corrected chi connectivity index (χ0v) is 10.7. The molecular weight excluding hydrogens is 196 g/mol. The summed E-state index contributed by atoms with van der Waals surface area (Å²) in [6.07, 6.45) is 3.48. The fraction of sp³-hybridized carbons (Fsp3) is 0.467. The maximum absolute atomic E-state index is 5.50. The Kier molecular flexibility index (Phi) is 3.04. The van der Waals surface area contributed by atoms with Crippen molar-refractivity contribution in [2.24, 2.45) is 0 Å². The number of ether oxygens (including phenoxy) is 1. The Labute approximate surface area is 98.1 Å². The molecule has 0 heterocycles. The molecule has 0 amide bonds. The molecule has 16 heavy (non-hydrogen) atoms. The van der Waals surface area contributed by atoms with Gasteiger partial charge in [-0.15, -0.1) is 0 Å². The van der Waals surface area contributed by atoms with E-state index in [2.05, 4.69) is 32.9 Å². The molecule has 0 aliphatic heterocycles. The number of hydrogen-bond donors (Lipinski definition) is 0. The maximum Gasteiger partial charge on any atom is 0.0993 e. The molecule has 0 bridgehead atoms. The summed E-state index contributed by atoms with van der Waals surface area (Å²) >= 11 is 0. The van der Waals surface area contributed by atoms with Crippen molar-refractivity contribution >= 4 is 5.57 Å². The average molecular weight is 216 g/mol. The summed E-state index contributed by atoms with van der Waals surface area (Å²) in [6.45, 7) is 6.56. The molecule has 0 saturated heterocycles. The van der Waals surface area contributed by atoms with E-state index in [4.69, 9.17) is 4.74 Å². The van der Waals surface area contributed by atoms with Crippen molar-refractivity contribution in [2.75, 3.05) is 7.11 Å². The second-order valence-corrected chi connectivity index (χ2v) is 4.73. The van der Waals surface area contributed by atoms with Crippen molar-refractivity contribution < 1.29 is 4.74 Å². The minimum atomic E-state index is 1.10. The van der Waals surface area contributed by atoms with Gasteiger partial charge >= 0.3 is 0 Å². The van der Waals surface area contributed by atoms with Gasteiger partial charge in [0.05, 0.1) is 12.9 Å². The van der Waals surface area contributed by atoms with Crippen LogP contribution in [0.4, 0.5) is 0 Å². The zero-order valence-electron chi connectivity index (χ0n) is 10.7. The molecule has 86 valence electrons. The molecule has 1 aliphatic rings. The predicted octanol–water partition coefficient (Wildman–Crippen LogP) is 4.15. The quantitative estimate of drug-likeness (QED) is 0.721. The molecule has 1 heteroatoms. The van der Waals surface area contributed by atoms with Crippen molar-refractivity contribution in [3.63, 3.8) is 0 Å². The standard InChI is InChI=1S/C15H20O/c1-10-8-11(2)15(12(3)9-10)13-6-5-7-14(13)16-4/h8-9H,5-7H2,1-4H3. The highest BCUT2D eigenvalue weighted by atomic mass is 16.5. The van der Waals surface area contributed by atoms with Crippen LogP contribution in [0.3, 0.4) is 0 Å². The monoisotopic (exact) mass is 216 g/mol. The van der Waals surface area contributed by atoms with Crippen molar-refractivity contribution in [1.82, 2.24) is 0 Å². The SMILES string of the molecule is COC1=C(c2c(C)cc(C)cc2C)CCC1. The summed E-state index contributed by atoms with van der Waals surface area (Å²) in [5, 5.41) is 0. The van der Waals surface area contributed by atoms with Gasteiger partial charge in [-0.3, -0.25) is 0 Å². The van der Waals surface area contributed by atoms with Gasteiger partial charge in [0.25, 0.3) is 0 Å². The minimum absolute atomic E-state index is 1.10. The van der Waals surface area contributed by atoms with Gasteiger partial charge < -0.3 is 4.74 Å². The second kappa shape index (κ2) is 4.32. The lowest BCUT2D eigenvalue weighted by Gasteiger charge is -2.14. The molecule has 1 aromatic rings. The molecule has 0 spiro atoms. The van der Waals surface area contributed by atoms with Crippen LogP contribution in [0.15, 0.2) is 17.9 Å². The van der Waals surface area contributed by atoms with Gasteiger partial charge in [-0.2, -0.15) is 0 Å². The number of hydrogen-bond acceptors (Lipinski definition) is 1. The lowest BCUT2D eigenvalue weighted by molar-refractivity contribution is 0.284. The first kappa shape index (κ1) is 11.3. The highest BCUT2D eigenvalue weighted by Gasteiger charge is 2.19. The fourth-order valence-corrected chi connectivity index (χ4v) is 2.86.